The Morgan fingerprint density at radius 2 is 1.72 bits per heavy atom. The molecule has 1 aliphatic carbocycles. The number of hydrogen-bond acceptors (Lipinski definition) is 3. The Hall–Kier alpha value is -1.51. The third-order valence-electron chi connectivity index (χ3n) is 3.80. The van der Waals surface area contributed by atoms with Crippen LogP contribution in [0, 0.1) is 5.92 Å². The van der Waals surface area contributed by atoms with Gasteiger partial charge in [-0.05, 0) is 31.0 Å². The molecule has 3 heteroatoms. The zero-order chi connectivity index (χ0) is 12.4. The van der Waals surface area contributed by atoms with Gasteiger partial charge in [-0.3, -0.25) is 4.79 Å². The lowest BCUT2D eigenvalue weighted by atomic mass is 9.84. The average molecular weight is 246 g/mol. The highest BCUT2D eigenvalue weighted by Gasteiger charge is 2.23. The molecule has 0 unspecified atom stereocenters. The van der Waals surface area contributed by atoms with Gasteiger partial charge in [0.2, 0.25) is 0 Å². The fourth-order valence-corrected chi connectivity index (χ4v) is 2.80. The molecule has 3 rings (SSSR count). The van der Waals surface area contributed by atoms with Gasteiger partial charge in [0.1, 0.15) is 13.2 Å². The summed E-state index contributed by atoms with van der Waals surface area (Å²) in [6.07, 6.45) is 5.70. The number of Topliss-reactive ketones (excluding diaryl/α,β-unsaturated/α-hetero) is 1. The average Bonchev–Trinajstić information content (AvgIpc) is 2.47. The number of fused-ring (bicyclic) bond motifs is 1. The van der Waals surface area contributed by atoms with E-state index in [-0.39, 0.29) is 11.7 Å². The fourth-order valence-electron chi connectivity index (χ4n) is 2.80. The van der Waals surface area contributed by atoms with Crippen molar-refractivity contribution in [1.82, 2.24) is 0 Å². The first-order valence-corrected chi connectivity index (χ1v) is 6.78. The van der Waals surface area contributed by atoms with Crippen LogP contribution in [0.3, 0.4) is 0 Å². The lowest BCUT2D eigenvalue weighted by Crippen LogP contribution is -2.19. The quantitative estimate of drug-likeness (QED) is 0.752. The van der Waals surface area contributed by atoms with Crippen LogP contribution in [0.1, 0.15) is 42.5 Å². The Morgan fingerprint density at radius 1 is 1.00 bits per heavy atom. The van der Waals surface area contributed by atoms with E-state index in [1.807, 2.05) is 18.2 Å². The summed E-state index contributed by atoms with van der Waals surface area (Å²) in [4.78, 5) is 12.4. The predicted molar refractivity (Wildman–Crippen MR) is 68.3 cm³/mol. The minimum Gasteiger partial charge on any atom is -0.486 e. The van der Waals surface area contributed by atoms with Gasteiger partial charge in [-0.2, -0.15) is 0 Å². The minimum atomic E-state index is 0.210. The summed E-state index contributed by atoms with van der Waals surface area (Å²) >= 11 is 0. The van der Waals surface area contributed by atoms with Gasteiger partial charge >= 0.3 is 0 Å². The van der Waals surface area contributed by atoms with Crippen LogP contribution in [-0.2, 0) is 0 Å². The second-order valence-corrected chi connectivity index (χ2v) is 5.06. The van der Waals surface area contributed by atoms with E-state index in [9.17, 15) is 4.79 Å². The molecule has 0 bridgehead atoms. The van der Waals surface area contributed by atoms with E-state index in [4.69, 9.17) is 9.47 Å². The van der Waals surface area contributed by atoms with Crippen LogP contribution in [0.5, 0.6) is 11.5 Å². The number of ether oxygens (including phenoxy) is 2. The molecule has 1 aliphatic heterocycles. The van der Waals surface area contributed by atoms with E-state index in [2.05, 4.69) is 0 Å². The monoisotopic (exact) mass is 246 g/mol. The van der Waals surface area contributed by atoms with Gasteiger partial charge in [0.25, 0.3) is 0 Å². The SMILES string of the molecule is O=C(c1ccc2c(c1)OCCO2)C1CCCCC1. The molecule has 3 nitrogen and oxygen atoms in total. The molecule has 18 heavy (non-hydrogen) atoms. The number of ketones is 1. The summed E-state index contributed by atoms with van der Waals surface area (Å²) in [5.41, 5.74) is 0.770. The standard InChI is InChI=1S/C15H18O3/c16-15(11-4-2-1-3-5-11)12-6-7-13-14(10-12)18-9-8-17-13/h6-7,10-11H,1-5,8-9H2. The van der Waals surface area contributed by atoms with E-state index in [1.54, 1.807) is 0 Å². The fraction of sp³-hybridized carbons (Fsp3) is 0.533. The van der Waals surface area contributed by atoms with Crippen molar-refractivity contribution in [3.63, 3.8) is 0 Å². The van der Waals surface area contributed by atoms with Crippen molar-refractivity contribution in [3.8, 4) is 11.5 Å². The van der Waals surface area contributed by atoms with Crippen molar-refractivity contribution in [2.24, 2.45) is 5.92 Å². The highest BCUT2D eigenvalue weighted by Crippen LogP contribution is 2.33. The Morgan fingerprint density at radius 3 is 2.50 bits per heavy atom. The van der Waals surface area contributed by atoms with Crippen LogP contribution < -0.4 is 9.47 Å². The molecule has 0 aromatic heterocycles. The Labute approximate surface area is 107 Å². The molecule has 2 aliphatic rings. The van der Waals surface area contributed by atoms with Crippen LogP contribution in [-0.4, -0.2) is 19.0 Å². The number of carbonyl (C=O) groups excluding carboxylic acids is 1. The predicted octanol–water partition coefficient (Wildman–Crippen LogP) is 3.22. The molecule has 0 spiro atoms. The van der Waals surface area contributed by atoms with Crippen LogP contribution in [0.2, 0.25) is 0 Å². The molecule has 1 aromatic carbocycles. The Balaban J connectivity index is 1.80. The maximum absolute atomic E-state index is 12.4. The van der Waals surface area contributed by atoms with Crippen molar-refractivity contribution in [1.29, 1.82) is 0 Å². The first kappa shape index (κ1) is 11.6. The first-order chi connectivity index (χ1) is 8.84. The Kier molecular flexibility index (Phi) is 3.22. The molecule has 96 valence electrons. The molecule has 1 heterocycles. The van der Waals surface area contributed by atoms with E-state index >= 15 is 0 Å². The second-order valence-electron chi connectivity index (χ2n) is 5.06. The number of hydrogen-bond donors (Lipinski definition) is 0. The summed E-state index contributed by atoms with van der Waals surface area (Å²) < 4.78 is 11.0. The topological polar surface area (TPSA) is 35.5 Å². The van der Waals surface area contributed by atoms with Crippen molar-refractivity contribution >= 4 is 5.78 Å². The summed E-state index contributed by atoms with van der Waals surface area (Å²) in [5.74, 6) is 1.94. The van der Waals surface area contributed by atoms with E-state index in [0.29, 0.717) is 19.0 Å². The highest BCUT2D eigenvalue weighted by molar-refractivity contribution is 5.98. The normalized spacial score (nSPS) is 19.6. The van der Waals surface area contributed by atoms with Crippen LogP contribution in [0.4, 0.5) is 0 Å². The zero-order valence-electron chi connectivity index (χ0n) is 10.5. The summed E-state index contributed by atoms with van der Waals surface area (Å²) in [6, 6.07) is 5.56. The van der Waals surface area contributed by atoms with Gasteiger partial charge in [-0.15, -0.1) is 0 Å². The highest BCUT2D eigenvalue weighted by atomic mass is 16.6. The van der Waals surface area contributed by atoms with Crippen LogP contribution in [0.15, 0.2) is 18.2 Å². The molecule has 1 fully saturated rings. The number of benzene rings is 1. The molecular formula is C15H18O3. The molecule has 1 saturated carbocycles. The largest absolute Gasteiger partial charge is 0.486 e. The molecule has 0 amide bonds. The molecular weight excluding hydrogens is 228 g/mol. The molecule has 1 aromatic rings. The van der Waals surface area contributed by atoms with Crippen LogP contribution >= 0.6 is 0 Å². The third-order valence-corrected chi connectivity index (χ3v) is 3.80. The van der Waals surface area contributed by atoms with Gasteiger partial charge < -0.3 is 9.47 Å². The van der Waals surface area contributed by atoms with Gasteiger partial charge in [0, 0.05) is 11.5 Å². The van der Waals surface area contributed by atoms with Crippen molar-refractivity contribution in [3.05, 3.63) is 23.8 Å². The first-order valence-electron chi connectivity index (χ1n) is 6.78. The van der Waals surface area contributed by atoms with Gasteiger partial charge in [0.05, 0.1) is 0 Å². The minimum absolute atomic E-state index is 0.210. The maximum atomic E-state index is 12.4. The lowest BCUT2D eigenvalue weighted by molar-refractivity contribution is 0.0888. The van der Waals surface area contributed by atoms with E-state index in [0.717, 1.165) is 24.2 Å². The maximum Gasteiger partial charge on any atom is 0.166 e. The summed E-state index contributed by atoms with van der Waals surface area (Å²) in [7, 11) is 0. The van der Waals surface area contributed by atoms with Gasteiger partial charge in [0.15, 0.2) is 17.3 Å². The van der Waals surface area contributed by atoms with Crippen molar-refractivity contribution < 1.29 is 14.3 Å². The lowest BCUT2D eigenvalue weighted by Gasteiger charge is -2.22. The molecule has 0 saturated heterocycles. The zero-order valence-corrected chi connectivity index (χ0v) is 10.5. The molecule has 0 atom stereocenters. The van der Waals surface area contributed by atoms with Crippen molar-refractivity contribution in [2.45, 2.75) is 32.1 Å². The molecule has 0 radical (unpaired) electrons. The van der Waals surface area contributed by atoms with Gasteiger partial charge in [-0.25, -0.2) is 0 Å². The second kappa shape index (κ2) is 5.01. The van der Waals surface area contributed by atoms with E-state index in [1.165, 1.54) is 19.3 Å². The number of rotatable bonds is 2. The van der Waals surface area contributed by atoms with Crippen LogP contribution in [0.25, 0.3) is 0 Å². The Bertz CT molecular complexity index is 447. The smallest absolute Gasteiger partial charge is 0.166 e. The van der Waals surface area contributed by atoms with Gasteiger partial charge in [-0.1, -0.05) is 19.3 Å². The summed E-state index contributed by atoms with van der Waals surface area (Å²) in [6.45, 7) is 1.15. The molecule has 0 N–H and O–H groups in total. The summed E-state index contributed by atoms with van der Waals surface area (Å²) in [5, 5.41) is 0. The van der Waals surface area contributed by atoms with E-state index < -0.39 is 0 Å². The number of carbonyl (C=O) groups is 1. The van der Waals surface area contributed by atoms with Crippen molar-refractivity contribution in [2.75, 3.05) is 13.2 Å². The third kappa shape index (κ3) is 2.22.